The van der Waals surface area contributed by atoms with Crippen LogP contribution in [0.4, 0.5) is 0 Å². The quantitative estimate of drug-likeness (QED) is 0.926. The maximum Gasteiger partial charge on any atom is 0.255 e. The number of aliphatic hydroxyl groups is 1. The Morgan fingerprint density at radius 1 is 1.42 bits per heavy atom. The number of rotatable bonds is 4. The fourth-order valence-electron chi connectivity index (χ4n) is 2.55. The summed E-state index contributed by atoms with van der Waals surface area (Å²) in [6, 6.07) is 5.15. The number of amides is 1. The van der Waals surface area contributed by atoms with Crippen molar-refractivity contribution in [3.05, 3.63) is 33.8 Å². The molecule has 0 aliphatic carbocycles. The molecule has 1 amide bonds. The topological polar surface area (TPSA) is 40.5 Å². The fourth-order valence-corrected chi connectivity index (χ4v) is 2.92. The third-order valence-electron chi connectivity index (χ3n) is 3.49. The van der Waals surface area contributed by atoms with Gasteiger partial charge in [0, 0.05) is 24.2 Å². The second-order valence-electron chi connectivity index (χ2n) is 4.78. The standard InChI is InChI=1S/C14H17Cl2NO2/c15-10-5-6-13(16)12(9-10)14(19)17-7-1-3-11(17)4-2-8-18/h5-6,9,11,18H,1-4,7-8H2. The summed E-state index contributed by atoms with van der Waals surface area (Å²) >= 11 is 12.0. The highest BCUT2D eigenvalue weighted by Gasteiger charge is 2.29. The van der Waals surface area contributed by atoms with E-state index in [0.29, 0.717) is 15.6 Å². The number of hydrogen-bond acceptors (Lipinski definition) is 2. The van der Waals surface area contributed by atoms with Gasteiger partial charge in [-0.15, -0.1) is 0 Å². The Morgan fingerprint density at radius 3 is 2.95 bits per heavy atom. The Labute approximate surface area is 123 Å². The van der Waals surface area contributed by atoms with E-state index >= 15 is 0 Å². The molecular formula is C14H17Cl2NO2. The maximum atomic E-state index is 12.5. The Morgan fingerprint density at radius 2 is 2.21 bits per heavy atom. The van der Waals surface area contributed by atoms with E-state index in [1.165, 1.54) is 0 Å². The highest BCUT2D eigenvalue weighted by atomic mass is 35.5. The number of nitrogens with zero attached hydrogens (tertiary/aromatic N) is 1. The van der Waals surface area contributed by atoms with Gasteiger partial charge in [-0.3, -0.25) is 4.79 Å². The number of carbonyl (C=O) groups excluding carboxylic acids is 1. The number of benzene rings is 1. The summed E-state index contributed by atoms with van der Waals surface area (Å²) < 4.78 is 0. The molecule has 0 aromatic heterocycles. The van der Waals surface area contributed by atoms with Crippen LogP contribution in [0.5, 0.6) is 0 Å². The molecular weight excluding hydrogens is 285 g/mol. The molecule has 1 aromatic rings. The molecule has 1 heterocycles. The number of carbonyl (C=O) groups is 1. The number of halogens is 2. The van der Waals surface area contributed by atoms with Crippen LogP contribution < -0.4 is 0 Å². The zero-order valence-corrected chi connectivity index (χ0v) is 12.1. The summed E-state index contributed by atoms with van der Waals surface area (Å²) in [5.41, 5.74) is 0.463. The minimum absolute atomic E-state index is 0.0621. The summed E-state index contributed by atoms with van der Waals surface area (Å²) in [6.07, 6.45) is 3.54. The largest absolute Gasteiger partial charge is 0.396 e. The van der Waals surface area contributed by atoms with Crippen LogP contribution >= 0.6 is 23.2 Å². The maximum absolute atomic E-state index is 12.5. The molecule has 19 heavy (non-hydrogen) atoms. The van der Waals surface area contributed by atoms with Crippen molar-refractivity contribution >= 4 is 29.1 Å². The van der Waals surface area contributed by atoms with Gasteiger partial charge in [-0.2, -0.15) is 0 Å². The van der Waals surface area contributed by atoms with E-state index in [1.807, 2.05) is 4.90 Å². The molecule has 1 atom stereocenters. The predicted octanol–water partition coefficient (Wildman–Crippen LogP) is 3.37. The Kier molecular flexibility index (Phi) is 5.08. The molecule has 1 aliphatic rings. The van der Waals surface area contributed by atoms with Gasteiger partial charge in [-0.05, 0) is 43.9 Å². The van der Waals surface area contributed by atoms with Gasteiger partial charge in [0.2, 0.25) is 0 Å². The normalized spacial score (nSPS) is 18.9. The van der Waals surface area contributed by atoms with Crippen LogP contribution in [-0.4, -0.2) is 35.1 Å². The van der Waals surface area contributed by atoms with E-state index in [1.54, 1.807) is 18.2 Å². The molecule has 0 spiro atoms. The lowest BCUT2D eigenvalue weighted by molar-refractivity contribution is 0.0724. The summed E-state index contributed by atoms with van der Waals surface area (Å²) in [5.74, 6) is -0.0621. The van der Waals surface area contributed by atoms with Crippen molar-refractivity contribution in [2.45, 2.75) is 31.7 Å². The lowest BCUT2D eigenvalue weighted by Gasteiger charge is -2.25. The fraction of sp³-hybridized carbons (Fsp3) is 0.500. The van der Waals surface area contributed by atoms with E-state index in [0.717, 1.165) is 32.2 Å². The van der Waals surface area contributed by atoms with Crippen LogP contribution in [0.25, 0.3) is 0 Å². The molecule has 1 aliphatic heterocycles. The molecule has 2 rings (SSSR count). The SMILES string of the molecule is O=C(c1cc(Cl)ccc1Cl)N1CCCC1CCCO. The molecule has 1 aromatic carbocycles. The molecule has 1 N–H and O–H groups in total. The Balaban J connectivity index is 2.16. The second kappa shape index (κ2) is 6.60. The average molecular weight is 302 g/mol. The van der Waals surface area contributed by atoms with E-state index in [4.69, 9.17) is 28.3 Å². The van der Waals surface area contributed by atoms with Crippen LogP contribution in [0.1, 0.15) is 36.0 Å². The summed E-state index contributed by atoms with van der Waals surface area (Å²) in [7, 11) is 0. The van der Waals surface area contributed by atoms with Crippen LogP contribution in [0.15, 0.2) is 18.2 Å². The van der Waals surface area contributed by atoms with E-state index in [-0.39, 0.29) is 18.6 Å². The molecule has 0 bridgehead atoms. The van der Waals surface area contributed by atoms with E-state index in [9.17, 15) is 4.79 Å². The Bertz CT molecular complexity index is 465. The van der Waals surface area contributed by atoms with Gasteiger partial charge < -0.3 is 10.0 Å². The minimum atomic E-state index is -0.0621. The van der Waals surface area contributed by atoms with Gasteiger partial charge >= 0.3 is 0 Å². The molecule has 1 fully saturated rings. The molecule has 104 valence electrons. The number of hydrogen-bond donors (Lipinski definition) is 1. The van der Waals surface area contributed by atoms with E-state index < -0.39 is 0 Å². The average Bonchev–Trinajstić information content (AvgIpc) is 2.86. The lowest BCUT2D eigenvalue weighted by atomic mass is 10.1. The molecule has 0 radical (unpaired) electrons. The Hall–Kier alpha value is -0.770. The van der Waals surface area contributed by atoms with Gasteiger partial charge in [0.05, 0.1) is 10.6 Å². The molecule has 0 saturated carbocycles. The number of aliphatic hydroxyl groups excluding tert-OH is 1. The van der Waals surface area contributed by atoms with Crippen molar-refractivity contribution < 1.29 is 9.90 Å². The number of likely N-dealkylation sites (tertiary alicyclic amines) is 1. The smallest absolute Gasteiger partial charge is 0.255 e. The van der Waals surface area contributed by atoms with Crippen molar-refractivity contribution in [3.63, 3.8) is 0 Å². The molecule has 3 nitrogen and oxygen atoms in total. The third-order valence-corrected chi connectivity index (χ3v) is 4.06. The monoisotopic (exact) mass is 301 g/mol. The van der Waals surface area contributed by atoms with Gasteiger partial charge in [0.1, 0.15) is 0 Å². The minimum Gasteiger partial charge on any atom is -0.396 e. The highest BCUT2D eigenvalue weighted by molar-refractivity contribution is 6.35. The van der Waals surface area contributed by atoms with Gasteiger partial charge in [-0.25, -0.2) is 0 Å². The molecule has 1 saturated heterocycles. The highest BCUT2D eigenvalue weighted by Crippen LogP contribution is 2.27. The van der Waals surface area contributed by atoms with Crippen LogP contribution in [0.3, 0.4) is 0 Å². The van der Waals surface area contributed by atoms with Crippen LogP contribution in [0.2, 0.25) is 10.0 Å². The van der Waals surface area contributed by atoms with Crippen molar-refractivity contribution in [3.8, 4) is 0 Å². The van der Waals surface area contributed by atoms with Gasteiger partial charge in [-0.1, -0.05) is 23.2 Å². The van der Waals surface area contributed by atoms with Crippen molar-refractivity contribution in [1.29, 1.82) is 0 Å². The summed E-state index contributed by atoms with van der Waals surface area (Å²) in [6.45, 7) is 0.911. The van der Waals surface area contributed by atoms with Crippen molar-refractivity contribution in [2.75, 3.05) is 13.2 Å². The second-order valence-corrected chi connectivity index (χ2v) is 5.63. The van der Waals surface area contributed by atoms with Crippen LogP contribution in [0, 0.1) is 0 Å². The first-order valence-electron chi connectivity index (χ1n) is 6.50. The zero-order valence-electron chi connectivity index (χ0n) is 10.6. The van der Waals surface area contributed by atoms with Crippen molar-refractivity contribution in [2.24, 2.45) is 0 Å². The van der Waals surface area contributed by atoms with Gasteiger partial charge in [0.15, 0.2) is 0 Å². The van der Waals surface area contributed by atoms with E-state index in [2.05, 4.69) is 0 Å². The molecule has 5 heteroatoms. The summed E-state index contributed by atoms with van der Waals surface area (Å²) in [5, 5.41) is 9.85. The van der Waals surface area contributed by atoms with Crippen LogP contribution in [-0.2, 0) is 0 Å². The first-order valence-corrected chi connectivity index (χ1v) is 7.26. The predicted molar refractivity (Wildman–Crippen MR) is 76.8 cm³/mol. The molecule has 1 unspecified atom stereocenters. The third kappa shape index (κ3) is 3.41. The van der Waals surface area contributed by atoms with Crippen molar-refractivity contribution in [1.82, 2.24) is 4.90 Å². The first-order chi connectivity index (χ1) is 9.13. The summed E-state index contributed by atoms with van der Waals surface area (Å²) in [4.78, 5) is 14.4. The lowest BCUT2D eigenvalue weighted by Crippen LogP contribution is -2.35. The van der Waals surface area contributed by atoms with Gasteiger partial charge in [0.25, 0.3) is 5.91 Å². The first kappa shape index (κ1) is 14.6. The zero-order chi connectivity index (χ0) is 13.8.